The molecule has 0 aliphatic heterocycles. The minimum absolute atomic E-state index is 0.843. The van der Waals surface area contributed by atoms with Gasteiger partial charge in [-0.25, -0.2) is 9.97 Å². The smallest absolute Gasteiger partial charge is 0.133 e. The van der Waals surface area contributed by atoms with Crippen LogP contribution in [-0.4, -0.2) is 16.5 Å². The molecule has 0 aliphatic rings. The average Bonchev–Trinajstić information content (AvgIpc) is 2.84. The van der Waals surface area contributed by atoms with E-state index >= 15 is 0 Å². The van der Waals surface area contributed by atoms with Crippen LogP contribution in [0.3, 0.4) is 0 Å². The average molecular weight is 340 g/mol. The summed E-state index contributed by atoms with van der Waals surface area (Å²) in [5, 5.41) is 7.61. The third-order valence-electron chi connectivity index (χ3n) is 2.92. The molecule has 0 bridgehead atoms. The monoisotopic (exact) mass is 339 g/mol. The second kappa shape index (κ2) is 6.48. The van der Waals surface area contributed by atoms with Crippen LogP contribution in [0, 0.1) is 6.92 Å². The maximum Gasteiger partial charge on any atom is 0.133 e. The van der Waals surface area contributed by atoms with E-state index in [-0.39, 0.29) is 0 Å². The van der Waals surface area contributed by atoms with Crippen molar-refractivity contribution < 1.29 is 0 Å². The van der Waals surface area contributed by atoms with Crippen LogP contribution in [0.15, 0.2) is 15.2 Å². The molecule has 0 fully saturated rings. The molecule has 0 aromatic carbocycles. The van der Waals surface area contributed by atoms with Crippen LogP contribution in [-0.2, 0) is 6.42 Å². The van der Waals surface area contributed by atoms with E-state index in [0.29, 0.717) is 0 Å². The summed E-state index contributed by atoms with van der Waals surface area (Å²) in [7, 11) is 0. The number of halogens is 1. The third kappa shape index (κ3) is 3.15. The van der Waals surface area contributed by atoms with Crippen LogP contribution in [0.5, 0.6) is 0 Å². The Balaban J connectivity index is 2.50. The summed E-state index contributed by atoms with van der Waals surface area (Å²) in [6.45, 7) is 7.25. The molecule has 2 aromatic rings. The van der Waals surface area contributed by atoms with Gasteiger partial charge in [0.15, 0.2) is 0 Å². The Labute approximate surface area is 126 Å². The van der Waals surface area contributed by atoms with Gasteiger partial charge in [0.2, 0.25) is 0 Å². The summed E-state index contributed by atoms with van der Waals surface area (Å²) >= 11 is 5.27. The van der Waals surface area contributed by atoms with E-state index < -0.39 is 0 Å². The van der Waals surface area contributed by atoms with Gasteiger partial charge >= 0.3 is 0 Å². The zero-order chi connectivity index (χ0) is 13.8. The molecule has 5 heteroatoms. The Kier molecular flexibility index (Phi) is 4.93. The fraction of sp³-hybridized carbons (Fsp3) is 0.429. The van der Waals surface area contributed by atoms with Crippen LogP contribution in [0.25, 0.3) is 11.3 Å². The molecule has 102 valence electrons. The van der Waals surface area contributed by atoms with Crippen molar-refractivity contribution >= 4 is 33.1 Å². The minimum Gasteiger partial charge on any atom is -0.370 e. The van der Waals surface area contributed by atoms with Crippen LogP contribution in [0.1, 0.15) is 31.7 Å². The lowest BCUT2D eigenvalue weighted by molar-refractivity contribution is 0.911. The molecule has 0 radical (unpaired) electrons. The predicted octanol–water partition coefficient (Wildman–Crippen LogP) is 4.66. The third-order valence-corrected chi connectivity index (χ3v) is 4.62. The largest absolute Gasteiger partial charge is 0.370 e. The van der Waals surface area contributed by atoms with Crippen molar-refractivity contribution in [1.82, 2.24) is 9.97 Å². The number of nitrogens with one attached hydrogen (secondary N) is 1. The van der Waals surface area contributed by atoms with Gasteiger partial charge in [0.1, 0.15) is 11.6 Å². The first-order valence-electron chi connectivity index (χ1n) is 6.50. The molecule has 0 saturated heterocycles. The van der Waals surface area contributed by atoms with Crippen molar-refractivity contribution in [2.45, 2.75) is 33.6 Å². The molecule has 2 aromatic heterocycles. The summed E-state index contributed by atoms with van der Waals surface area (Å²) in [5.74, 6) is 1.85. The zero-order valence-electron chi connectivity index (χ0n) is 11.5. The quantitative estimate of drug-likeness (QED) is 0.860. The second-order valence-corrected chi connectivity index (χ2v) is 5.97. The Bertz CT molecular complexity index is 566. The summed E-state index contributed by atoms with van der Waals surface area (Å²) < 4.78 is 1.10. The first-order chi connectivity index (χ1) is 9.17. The molecule has 2 rings (SSSR count). The molecular formula is C14H18BrN3S. The van der Waals surface area contributed by atoms with Crippen LogP contribution in [0.4, 0.5) is 5.82 Å². The number of aromatic nitrogens is 2. The molecule has 0 aliphatic carbocycles. The number of thiophene rings is 1. The van der Waals surface area contributed by atoms with E-state index in [1.54, 1.807) is 11.3 Å². The van der Waals surface area contributed by atoms with Gasteiger partial charge in [0.05, 0.1) is 5.69 Å². The summed E-state index contributed by atoms with van der Waals surface area (Å²) in [4.78, 5) is 9.28. The molecular weight excluding hydrogens is 322 g/mol. The molecule has 0 amide bonds. The Morgan fingerprint density at radius 1 is 1.26 bits per heavy atom. The predicted molar refractivity (Wildman–Crippen MR) is 85.9 cm³/mol. The van der Waals surface area contributed by atoms with E-state index in [2.05, 4.69) is 62.7 Å². The number of hydrogen-bond donors (Lipinski definition) is 1. The first-order valence-corrected chi connectivity index (χ1v) is 8.24. The highest BCUT2D eigenvalue weighted by Gasteiger charge is 2.14. The van der Waals surface area contributed by atoms with Gasteiger partial charge in [-0.2, -0.15) is 11.3 Å². The van der Waals surface area contributed by atoms with Crippen LogP contribution >= 0.6 is 27.3 Å². The van der Waals surface area contributed by atoms with Gasteiger partial charge in [-0.05, 0) is 29.3 Å². The van der Waals surface area contributed by atoms with E-state index in [4.69, 9.17) is 0 Å². The fourth-order valence-electron chi connectivity index (χ4n) is 1.85. The topological polar surface area (TPSA) is 37.8 Å². The highest BCUT2D eigenvalue weighted by molar-refractivity contribution is 9.10. The van der Waals surface area contributed by atoms with E-state index in [0.717, 1.165) is 52.3 Å². The van der Waals surface area contributed by atoms with Gasteiger partial charge in [0, 0.05) is 39.3 Å². The van der Waals surface area contributed by atoms with Crippen molar-refractivity contribution in [1.29, 1.82) is 0 Å². The number of rotatable bonds is 5. The van der Waals surface area contributed by atoms with E-state index in [1.807, 2.05) is 0 Å². The molecule has 0 unspecified atom stereocenters. The minimum atomic E-state index is 0.843. The van der Waals surface area contributed by atoms with E-state index in [1.165, 1.54) is 0 Å². The van der Waals surface area contributed by atoms with Crippen LogP contribution < -0.4 is 5.32 Å². The number of aryl methyl sites for hydroxylation is 1. The summed E-state index contributed by atoms with van der Waals surface area (Å²) in [6.07, 6.45) is 1.93. The lowest BCUT2D eigenvalue weighted by Crippen LogP contribution is -2.08. The number of nitrogens with zero attached hydrogens (tertiary/aromatic N) is 2. The Morgan fingerprint density at radius 3 is 2.63 bits per heavy atom. The second-order valence-electron chi connectivity index (χ2n) is 4.38. The molecule has 3 nitrogen and oxygen atoms in total. The van der Waals surface area contributed by atoms with Crippen molar-refractivity contribution in [2.75, 3.05) is 11.9 Å². The highest BCUT2D eigenvalue weighted by atomic mass is 79.9. The van der Waals surface area contributed by atoms with Crippen molar-refractivity contribution in [3.8, 4) is 11.3 Å². The maximum absolute atomic E-state index is 4.69. The molecule has 0 atom stereocenters. The number of anilines is 1. The molecule has 2 heterocycles. The van der Waals surface area contributed by atoms with Gasteiger partial charge < -0.3 is 5.32 Å². The highest BCUT2D eigenvalue weighted by Crippen LogP contribution is 2.34. The Morgan fingerprint density at radius 2 is 2.05 bits per heavy atom. The lowest BCUT2D eigenvalue weighted by atomic mass is 10.1. The van der Waals surface area contributed by atoms with Gasteiger partial charge in [-0.15, -0.1) is 0 Å². The van der Waals surface area contributed by atoms with Gasteiger partial charge in [-0.1, -0.05) is 13.8 Å². The van der Waals surface area contributed by atoms with Crippen molar-refractivity contribution in [3.63, 3.8) is 0 Å². The molecule has 0 saturated carbocycles. The lowest BCUT2D eigenvalue weighted by Gasteiger charge is -2.13. The van der Waals surface area contributed by atoms with Crippen molar-refractivity contribution in [2.24, 2.45) is 0 Å². The summed E-state index contributed by atoms with van der Waals surface area (Å²) in [6, 6.07) is 0. The van der Waals surface area contributed by atoms with Crippen molar-refractivity contribution in [3.05, 3.63) is 26.6 Å². The van der Waals surface area contributed by atoms with E-state index in [9.17, 15) is 0 Å². The first kappa shape index (κ1) is 14.5. The van der Waals surface area contributed by atoms with Crippen LogP contribution in [0.2, 0.25) is 0 Å². The molecule has 0 spiro atoms. The summed E-state index contributed by atoms with van der Waals surface area (Å²) in [5.41, 5.74) is 3.29. The Hall–Kier alpha value is -0.940. The SMILES string of the molecule is CCCNc1nc(CC)nc(-c2cscc2Br)c1C. The van der Waals surface area contributed by atoms with Gasteiger partial charge in [-0.3, -0.25) is 0 Å². The fourth-order valence-corrected chi connectivity index (χ4v) is 3.32. The zero-order valence-corrected chi connectivity index (χ0v) is 13.9. The standard InChI is InChI=1S/C14H18BrN3S/c1-4-6-16-14-9(3)13(17-12(5-2)18-14)10-7-19-8-11(10)15/h7-8H,4-6H2,1-3H3,(H,16,17,18). The molecule has 19 heavy (non-hydrogen) atoms. The normalized spacial score (nSPS) is 10.7. The van der Waals surface area contributed by atoms with Gasteiger partial charge in [0.25, 0.3) is 0 Å². The number of hydrogen-bond acceptors (Lipinski definition) is 4. The maximum atomic E-state index is 4.69. The molecule has 1 N–H and O–H groups in total.